The van der Waals surface area contributed by atoms with E-state index in [0.717, 1.165) is 15.6 Å². The Bertz CT molecular complexity index is 968. The van der Waals surface area contributed by atoms with Crippen LogP contribution in [-0.2, 0) is 6.61 Å². The number of rotatable bonds is 5. The minimum Gasteiger partial charge on any atom is -0.493 e. The van der Waals surface area contributed by atoms with Crippen molar-refractivity contribution in [3.63, 3.8) is 0 Å². The summed E-state index contributed by atoms with van der Waals surface area (Å²) in [7, 11) is 1.60. The van der Waals surface area contributed by atoms with E-state index in [-0.39, 0.29) is 0 Å². The lowest BCUT2D eigenvalue weighted by atomic mass is 10.1. The number of hydrogen-bond acceptors (Lipinski definition) is 3. The highest BCUT2D eigenvalue weighted by Gasteiger charge is 2.12. The molecule has 0 spiro atoms. The highest BCUT2D eigenvalue weighted by Crippen LogP contribution is 2.37. The van der Waals surface area contributed by atoms with Crippen LogP contribution in [0.4, 0.5) is 0 Å². The van der Waals surface area contributed by atoms with Gasteiger partial charge >= 0.3 is 0 Å². The van der Waals surface area contributed by atoms with E-state index >= 15 is 0 Å². The van der Waals surface area contributed by atoms with Gasteiger partial charge in [0.05, 0.1) is 17.7 Å². The number of hydrogen-bond donors (Lipinski definition) is 0. The quantitative estimate of drug-likeness (QED) is 0.520. The molecule has 0 N–H and O–H groups in total. The highest BCUT2D eigenvalue weighted by atomic mass is 79.9. The molecule has 0 saturated carbocycles. The second-order valence-corrected chi connectivity index (χ2v) is 6.28. The van der Waals surface area contributed by atoms with Crippen molar-refractivity contribution < 1.29 is 9.47 Å². The maximum absolute atomic E-state index is 8.67. The van der Waals surface area contributed by atoms with E-state index in [4.69, 9.17) is 14.7 Å². The number of nitrogens with zero attached hydrogens (tertiary/aromatic N) is 1. The molecule has 0 amide bonds. The summed E-state index contributed by atoms with van der Waals surface area (Å²) >= 11 is 3.53. The summed E-state index contributed by atoms with van der Waals surface area (Å²) in [6, 6.07) is 20.1. The van der Waals surface area contributed by atoms with Crippen LogP contribution in [0.2, 0.25) is 0 Å². The summed E-state index contributed by atoms with van der Waals surface area (Å²) in [5.74, 6) is 1.26. The zero-order valence-electron chi connectivity index (χ0n) is 13.7. The van der Waals surface area contributed by atoms with Crippen LogP contribution in [0.15, 0.2) is 65.1 Å². The Hall–Kier alpha value is -2.77. The summed E-state index contributed by atoms with van der Waals surface area (Å²) in [6.07, 6.45) is 3.15. The average Bonchev–Trinajstić information content (AvgIpc) is 2.65. The number of ether oxygens (including phenoxy) is 2. The Morgan fingerprint density at radius 3 is 2.72 bits per heavy atom. The molecule has 3 rings (SSSR count). The fourth-order valence-electron chi connectivity index (χ4n) is 2.68. The van der Waals surface area contributed by atoms with Gasteiger partial charge in [-0.2, -0.15) is 5.26 Å². The molecule has 0 aliphatic rings. The summed E-state index contributed by atoms with van der Waals surface area (Å²) in [6.45, 7) is 0.434. The normalized spacial score (nSPS) is 10.8. The van der Waals surface area contributed by atoms with Gasteiger partial charge in [0, 0.05) is 6.08 Å². The van der Waals surface area contributed by atoms with Crippen molar-refractivity contribution in [3.8, 4) is 17.6 Å². The Balaban J connectivity index is 1.90. The molecule has 0 atom stereocenters. The molecule has 0 aliphatic carbocycles. The average molecular weight is 394 g/mol. The topological polar surface area (TPSA) is 42.2 Å². The number of halogens is 1. The predicted molar refractivity (Wildman–Crippen MR) is 104 cm³/mol. The number of benzene rings is 3. The molecule has 0 radical (unpaired) electrons. The molecule has 3 aromatic rings. The van der Waals surface area contributed by atoms with Crippen molar-refractivity contribution in [1.82, 2.24) is 0 Å². The zero-order valence-corrected chi connectivity index (χ0v) is 15.3. The van der Waals surface area contributed by atoms with E-state index in [1.54, 1.807) is 13.2 Å². The zero-order chi connectivity index (χ0) is 17.6. The number of methoxy groups -OCH3 is 1. The summed E-state index contributed by atoms with van der Waals surface area (Å²) in [4.78, 5) is 0. The Morgan fingerprint density at radius 2 is 1.92 bits per heavy atom. The largest absolute Gasteiger partial charge is 0.493 e. The van der Waals surface area contributed by atoms with Gasteiger partial charge in [-0.25, -0.2) is 0 Å². The predicted octanol–water partition coefficient (Wildman–Crippen LogP) is 5.73. The van der Waals surface area contributed by atoms with Gasteiger partial charge in [0.1, 0.15) is 6.61 Å². The van der Waals surface area contributed by atoms with Crippen molar-refractivity contribution in [2.24, 2.45) is 0 Å². The molecule has 3 aromatic carbocycles. The van der Waals surface area contributed by atoms with Gasteiger partial charge in [0.2, 0.25) is 0 Å². The number of fused-ring (bicyclic) bond motifs is 1. The summed E-state index contributed by atoms with van der Waals surface area (Å²) < 4.78 is 12.3. The molecule has 0 unspecified atom stereocenters. The molecule has 0 aromatic heterocycles. The molecule has 0 aliphatic heterocycles. The van der Waals surface area contributed by atoms with Crippen LogP contribution < -0.4 is 9.47 Å². The van der Waals surface area contributed by atoms with Crippen LogP contribution in [0.1, 0.15) is 11.1 Å². The highest BCUT2D eigenvalue weighted by molar-refractivity contribution is 9.10. The van der Waals surface area contributed by atoms with E-state index in [1.807, 2.05) is 36.4 Å². The fourth-order valence-corrected chi connectivity index (χ4v) is 3.25. The van der Waals surface area contributed by atoms with Crippen LogP contribution in [0.25, 0.3) is 16.8 Å². The van der Waals surface area contributed by atoms with Crippen molar-refractivity contribution in [2.75, 3.05) is 7.11 Å². The molecule has 0 bridgehead atoms. The molecule has 4 heteroatoms. The lowest BCUT2D eigenvalue weighted by molar-refractivity contribution is 0.283. The molecular weight excluding hydrogens is 378 g/mol. The van der Waals surface area contributed by atoms with Crippen LogP contribution in [0.3, 0.4) is 0 Å². The Kier molecular flexibility index (Phi) is 5.37. The van der Waals surface area contributed by atoms with E-state index < -0.39 is 0 Å². The van der Waals surface area contributed by atoms with E-state index in [1.165, 1.54) is 16.8 Å². The summed E-state index contributed by atoms with van der Waals surface area (Å²) in [5.41, 5.74) is 1.98. The number of allylic oxidation sites excluding steroid dienone is 1. The van der Waals surface area contributed by atoms with Gasteiger partial charge in [-0.05, 0) is 56.0 Å². The monoisotopic (exact) mass is 393 g/mol. The first-order valence-electron chi connectivity index (χ1n) is 7.76. The van der Waals surface area contributed by atoms with E-state index in [9.17, 15) is 0 Å². The SMILES string of the molecule is COc1cc(/C=C/C#N)cc(Br)c1OCc1cccc2ccccc12. The molecule has 124 valence electrons. The molecule has 0 fully saturated rings. The third-order valence-electron chi connectivity index (χ3n) is 3.85. The maximum Gasteiger partial charge on any atom is 0.175 e. The van der Waals surface area contributed by atoms with Crippen molar-refractivity contribution >= 4 is 32.8 Å². The lowest BCUT2D eigenvalue weighted by Crippen LogP contribution is -1.99. The van der Waals surface area contributed by atoms with E-state index in [2.05, 4.69) is 40.2 Å². The van der Waals surface area contributed by atoms with Gasteiger partial charge in [-0.15, -0.1) is 0 Å². The third kappa shape index (κ3) is 3.84. The first kappa shape index (κ1) is 17.1. The number of nitriles is 1. The minimum absolute atomic E-state index is 0.434. The Morgan fingerprint density at radius 1 is 1.12 bits per heavy atom. The second-order valence-electron chi connectivity index (χ2n) is 5.42. The molecule has 25 heavy (non-hydrogen) atoms. The van der Waals surface area contributed by atoms with E-state index in [0.29, 0.717) is 18.1 Å². The lowest BCUT2D eigenvalue weighted by Gasteiger charge is -2.14. The standard InChI is InChI=1S/C21H16BrNO2/c1-24-20-13-15(6-5-11-23)12-19(22)21(20)25-14-17-9-4-8-16-7-2-3-10-18(16)17/h2-10,12-13H,14H2,1H3/b6-5+. The van der Waals surface area contributed by atoms with Crippen LogP contribution in [0, 0.1) is 11.3 Å². The first-order valence-corrected chi connectivity index (χ1v) is 8.55. The maximum atomic E-state index is 8.67. The fraction of sp³-hybridized carbons (Fsp3) is 0.0952. The second kappa shape index (κ2) is 7.87. The molecule has 3 nitrogen and oxygen atoms in total. The van der Waals surface area contributed by atoms with Gasteiger partial charge in [0.15, 0.2) is 11.5 Å². The Labute approximate surface area is 155 Å². The third-order valence-corrected chi connectivity index (χ3v) is 4.44. The molecule has 0 saturated heterocycles. The first-order chi connectivity index (χ1) is 12.2. The minimum atomic E-state index is 0.434. The van der Waals surface area contributed by atoms with Gasteiger partial charge in [-0.1, -0.05) is 42.5 Å². The summed E-state index contributed by atoms with van der Waals surface area (Å²) in [5, 5.41) is 11.0. The van der Waals surface area contributed by atoms with Crippen LogP contribution in [0.5, 0.6) is 11.5 Å². The smallest absolute Gasteiger partial charge is 0.175 e. The van der Waals surface area contributed by atoms with Crippen molar-refractivity contribution in [1.29, 1.82) is 5.26 Å². The van der Waals surface area contributed by atoms with Gasteiger partial charge in [-0.3, -0.25) is 0 Å². The van der Waals surface area contributed by atoms with Crippen LogP contribution >= 0.6 is 15.9 Å². The molecular formula is C21H16BrNO2. The van der Waals surface area contributed by atoms with Gasteiger partial charge in [0.25, 0.3) is 0 Å². The van der Waals surface area contributed by atoms with Gasteiger partial charge < -0.3 is 9.47 Å². The van der Waals surface area contributed by atoms with Crippen molar-refractivity contribution in [2.45, 2.75) is 6.61 Å². The van der Waals surface area contributed by atoms with Crippen molar-refractivity contribution in [3.05, 3.63) is 76.3 Å². The molecule has 0 heterocycles. The van der Waals surface area contributed by atoms with Crippen LogP contribution in [-0.4, -0.2) is 7.11 Å².